The summed E-state index contributed by atoms with van der Waals surface area (Å²) in [4.78, 5) is 25.8. The maximum atomic E-state index is 11.3. The van der Waals surface area contributed by atoms with E-state index in [1.165, 1.54) is 17.4 Å². The molecule has 0 bridgehead atoms. The SMILES string of the molecule is O=C(O)c1ccc([N+](=O)[O-])cc1Nc1nc2c(Cl)cccc2s1. The summed E-state index contributed by atoms with van der Waals surface area (Å²) in [6.45, 7) is 0. The number of carboxylic acid groups (broad SMARTS) is 1. The van der Waals surface area contributed by atoms with Crippen LogP contribution >= 0.6 is 22.9 Å². The van der Waals surface area contributed by atoms with Gasteiger partial charge in [-0.2, -0.15) is 0 Å². The molecule has 0 atom stereocenters. The van der Waals surface area contributed by atoms with Crippen LogP contribution in [0.1, 0.15) is 10.4 Å². The zero-order chi connectivity index (χ0) is 16.6. The number of thiazole rings is 1. The first-order valence-electron chi connectivity index (χ1n) is 6.29. The van der Waals surface area contributed by atoms with Crippen molar-refractivity contribution >= 4 is 55.6 Å². The lowest BCUT2D eigenvalue weighted by Crippen LogP contribution is -2.03. The van der Waals surface area contributed by atoms with Crippen LogP contribution in [-0.4, -0.2) is 21.0 Å². The first-order valence-corrected chi connectivity index (χ1v) is 7.49. The van der Waals surface area contributed by atoms with Crippen LogP contribution in [-0.2, 0) is 0 Å². The van der Waals surface area contributed by atoms with Gasteiger partial charge >= 0.3 is 5.97 Å². The van der Waals surface area contributed by atoms with Gasteiger partial charge in [-0.1, -0.05) is 29.0 Å². The van der Waals surface area contributed by atoms with Gasteiger partial charge in [0.1, 0.15) is 5.52 Å². The van der Waals surface area contributed by atoms with E-state index >= 15 is 0 Å². The fraction of sp³-hybridized carbons (Fsp3) is 0. The lowest BCUT2D eigenvalue weighted by Gasteiger charge is -2.06. The second kappa shape index (κ2) is 5.82. The van der Waals surface area contributed by atoms with Gasteiger partial charge in [-0.15, -0.1) is 0 Å². The quantitative estimate of drug-likeness (QED) is 0.537. The van der Waals surface area contributed by atoms with Crippen molar-refractivity contribution in [3.8, 4) is 0 Å². The minimum absolute atomic E-state index is 0.0825. The number of para-hydroxylation sites is 1. The predicted molar refractivity (Wildman–Crippen MR) is 88.0 cm³/mol. The Morgan fingerprint density at radius 1 is 1.35 bits per heavy atom. The van der Waals surface area contributed by atoms with Crippen LogP contribution in [0.25, 0.3) is 10.2 Å². The summed E-state index contributed by atoms with van der Waals surface area (Å²) < 4.78 is 0.822. The summed E-state index contributed by atoms with van der Waals surface area (Å²) in [6.07, 6.45) is 0. The van der Waals surface area contributed by atoms with Crippen LogP contribution in [0, 0.1) is 10.1 Å². The second-order valence-corrected chi connectivity index (χ2v) is 5.96. The van der Waals surface area contributed by atoms with Crippen LogP contribution in [0.15, 0.2) is 36.4 Å². The van der Waals surface area contributed by atoms with Gasteiger partial charge in [-0.3, -0.25) is 10.1 Å². The third kappa shape index (κ3) is 2.94. The number of nitro benzene ring substituents is 1. The van der Waals surface area contributed by atoms with Crippen LogP contribution in [0.2, 0.25) is 5.02 Å². The zero-order valence-electron chi connectivity index (χ0n) is 11.3. The molecular weight excluding hydrogens is 342 g/mol. The van der Waals surface area contributed by atoms with Crippen molar-refractivity contribution in [3.63, 3.8) is 0 Å². The summed E-state index contributed by atoms with van der Waals surface area (Å²) >= 11 is 7.33. The van der Waals surface area contributed by atoms with Crippen LogP contribution in [0.4, 0.5) is 16.5 Å². The first-order chi connectivity index (χ1) is 11.0. The molecule has 0 saturated heterocycles. The van der Waals surface area contributed by atoms with E-state index < -0.39 is 10.9 Å². The first kappa shape index (κ1) is 15.2. The van der Waals surface area contributed by atoms with E-state index in [-0.39, 0.29) is 16.9 Å². The highest BCUT2D eigenvalue weighted by Crippen LogP contribution is 2.33. The van der Waals surface area contributed by atoms with Gasteiger partial charge in [0.25, 0.3) is 5.69 Å². The molecule has 0 saturated carbocycles. The van der Waals surface area contributed by atoms with Crippen molar-refractivity contribution < 1.29 is 14.8 Å². The van der Waals surface area contributed by atoms with Gasteiger partial charge < -0.3 is 10.4 Å². The Morgan fingerprint density at radius 3 is 2.78 bits per heavy atom. The number of carbonyl (C=O) groups is 1. The molecule has 116 valence electrons. The molecule has 0 fully saturated rings. The monoisotopic (exact) mass is 349 g/mol. The van der Waals surface area contributed by atoms with Crippen LogP contribution in [0.3, 0.4) is 0 Å². The number of hydrogen-bond donors (Lipinski definition) is 2. The highest BCUT2D eigenvalue weighted by Gasteiger charge is 2.17. The topological polar surface area (TPSA) is 105 Å². The van der Waals surface area contributed by atoms with E-state index in [0.717, 1.165) is 16.8 Å². The molecule has 0 amide bonds. The van der Waals surface area contributed by atoms with Gasteiger partial charge in [-0.25, -0.2) is 9.78 Å². The number of carboxylic acids is 1. The number of fused-ring (bicyclic) bond motifs is 1. The Morgan fingerprint density at radius 2 is 2.13 bits per heavy atom. The van der Waals surface area contributed by atoms with Crippen molar-refractivity contribution in [2.24, 2.45) is 0 Å². The standard InChI is InChI=1S/C14H8ClN3O4S/c15-9-2-1-3-11-12(9)17-14(23-11)16-10-6-7(18(21)22)4-5-8(10)13(19)20/h1-6H,(H,16,17)(H,19,20). The van der Waals surface area contributed by atoms with Crippen LogP contribution < -0.4 is 5.32 Å². The molecule has 2 N–H and O–H groups in total. The third-order valence-corrected chi connectivity index (χ3v) is 4.30. The minimum Gasteiger partial charge on any atom is -0.478 e. The van der Waals surface area contributed by atoms with E-state index in [1.807, 2.05) is 6.07 Å². The molecule has 0 aliphatic carbocycles. The molecule has 3 rings (SSSR count). The number of nitrogens with zero attached hydrogens (tertiary/aromatic N) is 2. The van der Waals surface area contributed by atoms with Gasteiger partial charge in [0.2, 0.25) is 0 Å². The second-order valence-electron chi connectivity index (χ2n) is 4.52. The third-order valence-electron chi connectivity index (χ3n) is 3.06. The Kier molecular flexibility index (Phi) is 3.85. The molecular formula is C14H8ClN3O4S. The fourth-order valence-corrected chi connectivity index (χ4v) is 3.20. The smallest absolute Gasteiger partial charge is 0.337 e. The Bertz CT molecular complexity index is 941. The summed E-state index contributed by atoms with van der Waals surface area (Å²) in [5.74, 6) is -1.19. The molecule has 0 radical (unpaired) electrons. The molecule has 23 heavy (non-hydrogen) atoms. The van der Waals surface area contributed by atoms with Gasteiger partial charge in [0.05, 0.1) is 25.9 Å². The van der Waals surface area contributed by atoms with E-state index in [1.54, 1.807) is 12.1 Å². The van der Waals surface area contributed by atoms with Crippen molar-refractivity contribution in [2.75, 3.05) is 5.32 Å². The minimum atomic E-state index is -1.19. The predicted octanol–water partition coefficient (Wildman–Crippen LogP) is 4.30. The molecule has 2 aromatic carbocycles. The largest absolute Gasteiger partial charge is 0.478 e. The van der Waals surface area contributed by atoms with Gasteiger partial charge in [0, 0.05) is 12.1 Å². The Hall–Kier alpha value is -2.71. The Labute approximate surface area is 138 Å². The van der Waals surface area contributed by atoms with Crippen molar-refractivity contribution in [3.05, 3.63) is 57.1 Å². The zero-order valence-corrected chi connectivity index (χ0v) is 12.9. The molecule has 3 aromatic rings. The highest BCUT2D eigenvalue weighted by atomic mass is 35.5. The van der Waals surface area contributed by atoms with E-state index in [4.69, 9.17) is 11.6 Å². The van der Waals surface area contributed by atoms with Gasteiger partial charge in [-0.05, 0) is 18.2 Å². The number of aromatic nitrogens is 1. The molecule has 9 heteroatoms. The van der Waals surface area contributed by atoms with E-state index in [2.05, 4.69) is 10.3 Å². The fourth-order valence-electron chi connectivity index (χ4n) is 2.02. The summed E-state index contributed by atoms with van der Waals surface area (Å²) in [6, 6.07) is 8.80. The summed E-state index contributed by atoms with van der Waals surface area (Å²) in [7, 11) is 0. The van der Waals surface area contributed by atoms with Crippen molar-refractivity contribution in [1.82, 2.24) is 4.98 Å². The molecule has 7 nitrogen and oxygen atoms in total. The molecule has 0 unspecified atom stereocenters. The van der Waals surface area contributed by atoms with E-state index in [0.29, 0.717) is 15.7 Å². The molecule has 0 spiro atoms. The molecule has 1 heterocycles. The number of benzene rings is 2. The highest BCUT2D eigenvalue weighted by molar-refractivity contribution is 7.22. The number of aromatic carboxylic acids is 1. The molecule has 0 aliphatic rings. The Balaban J connectivity index is 2.06. The average Bonchev–Trinajstić information content (AvgIpc) is 2.91. The maximum Gasteiger partial charge on any atom is 0.337 e. The number of hydrogen-bond acceptors (Lipinski definition) is 6. The summed E-state index contributed by atoms with van der Waals surface area (Å²) in [5.41, 5.74) is 0.392. The number of nitro groups is 1. The lowest BCUT2D eigenvalue weighted by atomic mass is 10.1. The van der Waals surface area contributed by atoms with Gasteiger partial charge in [0.15, 0.2) is 5.13 Å². The molecule has 1 aromatic heterocycles. The number of anilines is 2. The number of rotatable bonds is 4. The average molecular weight is 350 g/mol. The number of non-ortho nitro benzene ring substituents is 1. The number of halogens is 1. The normalized spacial score (nSPS) is 10.7. The van der Waals surface area contributed by atoms with Crippen LogP contribution in [0.5, 0.6) is 0 Å². The maximum absolute atomic E-state index is 11.3. The number of nitrogens with one attached hydrogen (secondary N) is 1. The lowest BCUT2D eigenvalue weighted by molar-refractivity contribution is -0.384. The van der Waals surface area contributed by atoms with E-state index in [9.17, 15) is 20.0 Å². The van der Waals surface area contributed by atoms with Crippen molar-refractivity contribution in [1.29, 1.82) is 0 Å². The summed E-state index contributed by atoms with van der Waals surface area (Å²) in [5, 5.41) is 23.8. The molecule has 0 aliphatic heterocycles. The van der Waals surface area contributed by atoms with Crippen molar-refractivity contribution in [2.45, 2.75) is 0 Å².